The zero-order chi connectivity index (χ0) is 15.2. The van der Waals surface area contributed by atoms with Gasteiger partial charge in [-0.15, -0.1) is 0 Å². The number of cyclic esters (lactones) is 1. The van der Waals surface area contributed by atoms with Gasteiger partial charge >= 0.3 is 23.7 Å². The third-order valence-corrected chi connectivity index (χ3v) is 2.54. The van der Waals surface area contributed by atoms with Crippen LogP contribution < -0.4 is 0 Å². The maximum atomic E-state index is 11.8. The lowest BCUT2D eigenvalue weighted by atomic mass is 10.2. The summed E-state index contributed by atoms with van der Waals surface area (Å²) in [6.45, 7) is 5.32. The summed E-state index contributed by atoms with van der Waals surface area (Å²) < 4.78 is 19.8. The van der Waals surface area contributed by atoms with E-state index in [1.807, 2.05) is 0 Å². The molecule has 1 fully saturated rings. The lowest BCUT2D eigenvalue weighted by Gasteiger charge is -2.21. The van der Waals surface area contributed by atoms with Gasteiger partial charge in [0.05, 0.1) is 19.6 Å². The zero-order valence-corrected chi connectivity index (χ0v) is 11.8. The number of carbonyl (C=O) groups is 3. The number of esters is 3. The van der Waals surface area contributed by atoms with E-state index in [1.54, 1.807) is 20.8 Å². The van der Waals surface area contributed by atoms with Gasteiger partial charge in [-0.3, -0.25) is 4.79 Å². The maximum Gasteiger partial charge on any atom is 0.392 e. The van der Waals surface area contributed by atoms with E-state index in [-0.39, 0.29) is 31.8 Å². The van der Waals surface area contributed by atoms with Gasteiger partial charge in [-0.05, 0) is 19.9 Å². The Morgan fingerprint density at radius 3 is 2.35 bits per heavy atom. The summed E-state index contributed by atoms with van der Waals surface area (Å²) in [5.41, 5.74) is 0. The Kier molecular flexibility index (Phi) is 5.54. The molecule has 0 N–H and O–H groups in total. The molecule has 1 atom stereocenters. The van der Waals surface area contributed by atoms with Gasteiger partial charge in [-0.2, -0.15) is 0 Å². The molecule has 0 amide bonds. The molecule has 1 rings (SSSR count). The first-order chi connectivity index (χ1) is 9.49. The smallest absolute Gasteiger partial charge is 0.392 e. The molecule has 20 heavy (non-hydrogen) atoms. The normalized spacial score (nSPS) is 23.1. The molecule has 0 radical (unpaired) electrons. The SMILES string of the molecule is CCOC(=O)C/C=C1\OC(CC)(C(=O)OCC)OC1=O. The maximum absolute atomic E-state index is 11.8. The quantitative estimate of drug-likeness (QED) is 0.410. The second kappa shape index (κ2) is 6.93. The summed E-state index contributed by atoms with van der Waals surface area (Å²) in [6.07, 6.45) is 1.20. The van der Waals surface area contributed by atoms with Gasteiger partial charge in [-0.1, -0.05) is 6.92 Å². The van der Waals surface area contributed by atoms with Crippen LogP contribution in [0.1, 0.15) is 33.6 Å². The topological polar surface area (TPSA) is 88.1 Å². The van der Waals surface area contributed by atoms with Crippen LogP contribution >= 0.6 is 0 Å². The summed E-state index contributed by atoms with van der Waals surface area (Å²) in [5.74, 6) is -4.01. The van der Waals surface area contributed by atoms with Crippen molar-refractivity contribution < 1.29 is 33.3 Å². The Morgan fingerprint density at radius 1 is 1.15 bits per heavy atom. The van der Waals surface area contributed by atoms with Gasteiger partial charge < -0.3 is 18.9 Å². The third kappa shape index (κ3) is 3.49. The van der Waals surface area contributed by atoms with Crippen molar-refractivity contribution in [2.24, 2.45) is 0 Å². The molecule has 0 aliphatic carbocycles. The van der Waals surface area contributed by atoms with Crippen molar-refractivity contribution in [2.45, 2.75) is 39.4 Å². The van der Waals surface area contributed by atoms with Crippen LogP contribution in [-0.2, 0) is 33.3 Å². The van der Waals surface area contributed by atoms with Gasteiger partial charge in [-0.25, -0.2) is 9.59 Å². The minimum atomic E-state index is -1.76. The number of ether oxygens (including phenoxy) is 4. The molecular formula is C13H18O7. The summed E-state index contributed by atoms with van der Waals surface area (Å²) in [5, 5.41) is 0. The van der Waals surface area contributed by atoms with E-state index < -0.39 is 23.7 Å². The van der Waals surface area contributed by atoms with Crippen molar-refractivity contribution in [1.82, 2.24) is 0 Å². The van der Waals surface area contributed by atoms with Crippen molar-refractivity contribution in [3.05, 3.63) is 11.8 Å². The monoisotopic (exact) mass is 286 g/mol. The molecule has 0 aromatic carbocycles. The molecule has 1 aliphatic heterocycles. The highest BCUT2D eigenvalue weighted by molar-refractivity contribution is 5.94. The van der Waals surface area contributed by atoms with E-state index in [9.17, 15) is 14.4 Å². The summed E-state index contributed by atoms with van der Waals surface area (Å²) in [4.78, 5) is 34.6. The first-order valence-corrected chi connectivity index (χ1v) is 6.44. The van der Waals surface area contributed by atoms with Crippen LogP contribution in [0.2, 0.25) is 0 Å². The van der Waals surface area contributed by atoms with E-state index in [1.165, 1.54) is 6.08 Å². The molecule has 7 nitrogen and oxygen atoms in total. The van der Waals surface area contributed by atoms with Crippen molar-refractivity contribution in [1.29, 1.82) is 0 Å². The highest BCUT2D eigenvalue weighted by Gasteiger charge is 2.52. The van der Waals surface area contributed by atoms with Crippen LogP contribution in [0.4, 0.5) is 0 Å². The average Bonchev–Trinajstić information content (AvgIpc) is 2.75. The lowest BCUT2D eigenvalue weighted by Crippen LogP contribution is -2.41. The van der Waals surface area contributed by atoms with Crippen LogP contribution in [0.15, 0.2) is 11.8 Å². The van der Waals surface area contributed by atoms with E-state index in [2.05, 4.69) is 0 Å². The first kappa shape index (κ1) is 16.0. The number of hydrogen-bond donors (Lipinski definition) is 0. The predicted octanol–water partition coefficient (Wildman–Crippen LogP) is 1.07. The van der Waals surface area contributed by atoms with Gasteiger partial charge in [0.25, 0.3) is 0 Å². The van der Waals surface area contributed by atoms with Gasteiger partial charge in [0, 0.05) is 6.42 Å². The van der Waals surface area contributed by atoms with Crippen molar-refractivity contribution in [3.8, 4) is 0 Å². The molecule has 0 saturated carbocycles. The van der Waals surface area contributed by atoms with Crippen LogP contribution in [0, 0.1) is 0 Å². The summed E-state index contributed by atoms with van der Waals surface area (Å²) in [7, 11) is 0. The van der Waals surface area contributed by atoms with E-state index in [4.69, 9.17) is 18.9 Å². The van der Waals surface area contributed by atoms with Gasteiger partial charge in [0.15, 0.2) is 0 Å². The molecule has 1 saturated heterocycles. The second-order valence-corrected chi connectivity index (χ2v) is 3.90. The van der Waals surface area contributed by atoms with Crippen molar-refractivity contribution in [3.63, 3.8) is 0 Å². The Labute approximate surface area is 116 Å². The Hall–Kier alpha value is -2.05. The zero-order valence-electron chi connectivity index (χ0n) is 11.8. The standard InChI is InChI=1S/C13H18O7/c1-4-13(12(16)18-6-3)19-9(11(15)20-13)7-8-10(14)17-5-2/h7H,4-6,8H2,1-3H3/b9-7-. The van der Waals surface area contributed by atoms with Crippen LogP contribution in [0.25, 0.3) is 0 Å². The second-order valence-electron chi connectivity index (χ2n) is 3.90. The summed E-state index contributed by atoms with van der Waals surface area (Å²) in [6, 6.07) is 0. The van der Waals surface area contributed by atoms with Crippen LogP contribution in [-0.4, -0.2) is 36.9 Å². The minimum Gasteiger partial charge on any atom is -0.466 e. The largest absolute Gasteiger partial charge is 0.466 e. The molecule has 112 valence electrons. The summed E-state index contributed by atoms with van der Waals surface area (Å²) >= 11 is 0. The van der Waals surface area contributed by atoms with Crippen LogP contribution in [0.5, 0.6) is 0 Å². The predicted molar refractivity (Wildman–Crippen MR) is 66.2 cm³/mol. The van der Waals surface area contributed by atoms with Gasteiger partial charge in [0.1, 0.15) is 0 Å². The van der Waals surface area contributed by atoms with E-state index in [0.29, 0.717) is 0 Å². The number of rotatable bonds is 6. The third-order valence-electron chi connectivity index (χ3n) is 2.54. The highest BCUT2D eigenvalue weighted by atomic mass is 16.8. The van der Waals surface area contributed by atoms with Crippen LogP contribution in [0.3, 0.4) is 0 Å². The Bertz CT molecular complexity index is 426. The van der Waals surface area contributed by atoms with E-state index in [0.717, 1.165) is 0 Å². The fourth-order valence-electron chi connectivity index (χ4n) is 1.57. The van der Waals surface area contributed by atoms with Crippen molar-refractivity contribution in [2.75, 3.05) is 13.2 Å². The average molecular weight is 286 g/mol. The fraction of sp³-hybridized carbons (Fsp3) is 0.615. The number of carbonyl (C=O) groups excluding carboxylic acids is 3. The Morgan fingerprint density at radius 2 is 1.80 bits per heavy atom. The first-order valence-electron chi connectivity index (χ1n) is 6.44. The molecule has 7 heteroatoms. The molecule has 0 bridgehead atoms. The minimum absolute atomic E-state index is 0.105. The lowest BCUT2D eigenvalue weighted by molar-refractivity contribution is -0.206. The molecule has 1 heterocycles. The molecular weight excluding hydrogens is 268 g/mol. The molecule has 1 unspecified atom stereocenters. The Balaban J connectivity index is 2.78. The fourth-order valence-corrected chi connectivity index (χ4v) is 1.57. The van der Waals surface area contributed by atoms with E-state index >= 15 is 0 Å². The van der Waals surface area contributed by atoms with Gasteiger partial charge in [0.2, 0.25) is 5.76 Å². The molecule has 1 aliphatic rings. The molecule has 0 aromatic heterocycles. The molecule has 0 spiro atoms. The number of hydrogen-bond acceptors (Lipinski definition) is 7. The van der Waals surface area contributed by atoms with Crippen molar-refractivity contribution >= 4 is 17.9 Å². The molecule has 0 aromatic rings. The highest BCUT2D eigenvalue weighted by Crippen LogP contribution is 2.32.